The van der Waals surface area contributed by atoms with Gasteiger partial charge in [0.25, 0.3) is 5.91 Å². The normalized spacial score (nSPS) is 10.7. The van der Waals surface area contributed by atoms with Crippen molar-refractivity contribution in [3.63, 3.8) is 0 Å². The van der Waals surface area contributed by atoms with Crippen LogP contribution in [0.25, 0.3) is 22.0 Å². The molecule has 0 aliphatic heterocycles. The van der Waals surface area contributed by atoms with Gasteiger partial charge in [-0.15, -0.1) is 0 Å². The van der Waals surface area contributed by atoms with Gasteiger partial charge >= 0.3 is 0 Å². The van der Waals surface area contributed by atoms with Crippen LogP contribution in [0.1, 0.15) is 10.5 Å². The fourth-order valence-corrected chi connectivity index (χ4v) is 3.25. The number of nitrogens with one attached hydrogen (secondary N) is 2. The molecule has 31 heavy (non-hydrogen) atoms. The van der Waals surface area contributed by atoms with Crippen LogP contribution in [-0.4, -0.2) is 26.1 Å². The van der Waals surface area contributed by atoms with Crippen LogP contribution in [0.4, 0.5) is 5.69 Å². The molecular formula is C24H17N5O2. The second-order valence-corrected chi connectivity index (χ2v) is 6.85. The molecule has 0 bridgehead atoms. The van der Waals surface area contributed by atoms with Crippen molar-refractivity contribution >= 4 is 22.5 Å². The predicted octanol–water partition coefficient (Wildman–Crippen LogP) is 5.06. The van der Waals surface area contributed by atoms with E-state index < -0.39 is 0 Å². The van der Waals surface area contributed by atoms with E-state index in [1.807, 2.05) is 54.6 Å². The molecule has 5 rings (SSSR count). The van der Waals surface area contributed by atoms with Crippen molar-refractivity contribution in [2.75, 3.05) is 5.32 Å². The van der Waals surface area contributed by atoms with E-state index >= 15 is 0 Å². The minimum absolute atomic E-state index is 0.297. The number of aromatic amines is 1. The summed E-state index contributed by atoms with van der Waals surface area (Å²) in [5.41, 5.74) is 3.52. The summed E-state index contributed by atoms with van der Waals surface area (Å²) in [5.74, 6) is 1.07. The number of nitrogens with zero attached hydrogens (tertiary/aromatic N) is 3. The summed E-state index contributed by atoms with van der Waals surface area (Å²) in [7, 11) is 0. The molecule has 0 radical (unpaired) electrons. The lowest BCUT2D eigenvalue weighted by molar-refractivity contribution is 0.102. The standard InChI is InChI=1S/C24H17N5O2/c30-24(27-18-8-10-25-11-9-18)23-21-13-16(6-7-22(21)28-29-23)17-12-20(15-26-14-17)31-19-4-2-1-3-5-19/h1-15H,(H,28,29)(H,25,27,30). The molecule has 3 aromatic heterocycles. The lowest BCUT2D eigenvalue weighted by atomic mass is 10.0. The average molecular weight is 407 g/mol. The summed E-state index contributed by atoms with van der Waals surface area (Å²) in [6.07, 6.45) is 6.66. The van der Waals surface area contributed by atoms with Gasteiger partial charge in [-0.25, -0.2) is 0 Å². The highest BCUT2D eigenvalue weighted by molar-refractivity contribution is 6.11. The molecule has 7 heteroatoms. The lowest BCUT2D eigenvalue weighted by Gasteiger charge is -2.08. The number of hydrogen-bond acceptors (Lipinski definition) is 5. The molecule has 7 nitrogen and oxygen atoms in total. The van der Waals surface area contributed by atoms with Gasteiger partial charge in [-0.05, 0) is 48.0 Å². The Morgan fingerprint density at radius 1 is 0.839 bits per heavy atom. The van der Waals surface area contributed by atoms with Crippen LogP contribution in [0.2, 0.25) is 0 Å². The van der Waals surface area contributed by atoms with Gasteiger partial charge in [-0.3, -0.25) is 19.9 Å². The third kappa shape index (κ3) is 3.97. The first-order chi connectivity index (χ1) is 15.3. The smallest absolute Gasteiger partial charge is 0.276 e. The summed E-state index contributed by atoms with van der Waals surface area (Å²) in [5, 5.41) is 10.7. The van der Waals surface area contributed by atoms with Crippen molar-refractivity contribution in [2.24, 2.45) is 0 Å². The highest BCUT2D eigenvalue weighted by Gasteiger charge is 2.15. The number of amides is 1. The largest absolute Gasteiger partial charge is 0.456 e. The Morgan fingerprint density at radius 2 is 1.68 bits per heavy atom. The van der Waals surface area contributed by atoms with E-state index in [-0.39, 0.29) is 5.91 Å². The molecule has 0 aliphatic carbocycles. The molecule has 0 saturated carbocycles. The Morgan fingerprint density at radius 3 is 2.52 bits per heavy atom. The van der Waals surface area contributed by atoms with Gasteiger partial charge in [0, 0.05) is 35.2 Å². The minimum atomic E-state index is -0.297. The van der Waals surface area contributed by atoms with Crippen LogP contribution in [0.5, 0.6) is 11.5 Å². The molecule has 2 N–H and O–H groups in total. The molecular weight excluding hydrogens is 390 g/mol. The maximum Gasteiger partial charge on any atom is 0.276 e. The Kier molecular flexibility index (Phi) is 4.82. The van der Waals surface area contributed by atoms with E-state index in [0.717, 1.165) is 27.8 Å². The van der Waals surface area contributed by atoms with Crippen LogP contribution < -0.4 is 10.1 Å². The number of H-pyrrole nitrogens is 1. The van der Waals surface area contributed by atoms with Crippen molar-refractivity contribution in [3.8, 4) is 22.6 Å². The van der Waals surface area contributed by atoms with E-state index in [2.05, 4.69) is 25.5 Å². The van der Waals surface area contributed by atoms with E-state index in [1.165, 1.54) is 0 Å². The summed E-state index contributed by atoms with van der Waals surface area (Å²) in [6.45, 7) is 0. The van der Waals surface area contributed by atoms with Gasteiger partial charge in [0.05, 0.1) is 11.7 Å². The molecule has 150 valence electrons. The van der Waals surface area contributed by atoms with E-state index in [9.17, 15) is 4.79 Å². The number of hydrogen-bond donors (Lipinski definition) is 2. The number of pyridine rings is 2. The SMILES string of the molecule is O=C(Nc1ccncc1)c1n[nH]c2ccc(-c3cncc(Oc4ccccc4)c3)cc12. The second-order valence-electron chi connectivity index (χ2n) is 6.85. The molecule has 0 unspecified atom stereocenters. The maximum atomic E-state index is 12.7. The van der Waals surface area contributed by atoms with Gasteiger partial charge < -0.3 is 10.1 Å². The number of carbonyl (C=O) groups is 1. The van der Waals surface area contributed by atoms with Crippen LogP contribution in [0, 0.1) is 0 Å². The van der Waals surface area contributed by atoms with Gasteiger partial charge in [-0.1, -0.05) is 24.3 Å². The summed E-state index contributed by atoms with van der Waals surface area (Å²) >= 11 is 0. The highest BCUT2D eigenvalue weighted by Crippen LogP contribution is 2.29. The highest BCUT2D eigenvalue weighted by atomic mass is 16.5. The van der Waals surface area contributed by atoms with Crippen LogP contribution >= 0.6 is 0 Å². The zero-order chi connectivity index (χ0) is 21.0. The first kappa shape index (κ1) is 18.5. The van der Waals surface area contributed by atoms with Gasteiger partial charge in [0.2, 0.25) is 0 Å². The van der Waals surface area contributed by atoms with Gasteiger partial charge in [0.15, 0.2) is 5.69 Å². The van der Waals surface area contributed by atoms with Crippen molar-refractivity contribution in [3.05, 3.63) is 97.2 Å². The molecule has 0 spiro atoms. The Balaban J connectivity index is 1.45. The van der Waals surface area contributed by atoms with Gasteiger partial charge in [-0.2, -0.15) is 5.10 Å². The molecule has 3 heterocycles. The molecule has 2 aromatic carbocycles. The van der Waals surface area contributed by atoms with Crippen LogP contribution in [0.15, 0.2) is 91.5 Å². The number of para-hydroxylation sites is 1. The third-order valence-electron chi connectivity index (χ3n) is 4.74. The lowest BCUT2D eigenvalue weighted by Crippen LogP contribution is -2.12. The Hall–Kier alpha value is -4.52. The topological polar surface area (TPSA) is 92.8 Å². The van der Waals surface area contributed by atoms with E-state index in [4.69, 9.17) is 4.74 Å². The monoisotopic (exact) mass is 407 g/mol. The first-order valence-electron chi connectivity index (χ1n) is 9.64. The molecule has 0 atom stereocenters. The maximum absolute atomic E-state index is 12.7. The zero-order valence-electron chi connectivity index (χ0n) is 16.3. The number of aromatic nitrogens is 4. The van der Waals surface area contributed by atoms with Crippen molar-refractivity contribution < 1.29 is 9.53 Å². The number of anilines is 1. The van der Waals surface area contributed by atoms with E-state index in [1.54, 1.807) is 36.9 Å². The number of fused-ring (bicyclic) bond motifs is 1. The zero-order valence-corrected chi connectivity index (χ0v) is 16.3. The van der Waals surface area contributed by atoms with E-state index in [0.29, 0.717) is 17.1 Å². The fraction of sp³-hybridized carbons (Fsp3) is 0. The second kappa shape index (κ2) is 8.08. The molecule has 5 aromatic rings. The van der Waals surface area contributed by atoms with Crippen LogP contribution in [-0.2, 0) is 0 Å². The fourth-order valence-electron chi connectivity index (χ4n) is 3.25. The predicted molar refractivity (Wildman–Crippen MR) is 118 cm³/mol. The average Bonchev–Trinajstić information content (AvgIpc) is 3.24. The number of rotatable bonds is 5. The number of ether oxygens (including phenoxy) is 1. The molecule has 1 amide bonds. The van der Waals surface area contributed by atoms with Crippen molar-refractivity contribution in [1.82, 2.24) is 20.2 Å². The Labute approximate surface area is 177 Å². The summed E-state index contributed by atoms with van der Waals surface area (Å²) in [6, 6.07) is 20.7. The summed E-state index contributed by atoms with van der Waals surface area (Å²) in [4.78, 5) is 21.0. The Bertz CT molecular complexity index is 1350. The minimum Gasteiger partial charge on any atom is -0.456 e. The molecule has 0 aliphatic rings. The third-order valence-corrected chi connectivity index (χ3v) is 4.74. The van der Waals surface area contributed by atoms with Crippen molar-refractivity contribution in [1.29, 1.82) is 0 Å². The molecule has 0 fully saturated rings. The quantitative estimate of drug-likeness (QED) is 0.425. The first-order valence-corrected chi connectivity index (χ1v) is 9.64. The number of carbonyl (C=O) groups excluding carboxylic acids is 1. The molecule has 0 saturated heterocycles. The van der Waals surface area contributed by atoms with Gasteiger partial charge in [0.1, 0.15) is 11.5 Å². The van der Waals surface area contributed by atoms with Crippen molar-refractivity contribution in [2.45, 2.75) is 0 Å². The number of benzene rings is 2. The van der Waals surface area contributed by atoms with Crippen LogP contribution in [0.3, 0.4) is 0 Å². The summed E-state index contributed by atoms with van der Waals surface area (Å²) < 4.78 is 5.89.